The Morgan fingerprint density at radius 1 is 1.50 bits per heavy atom. The summed E-state index contributed by atoms with van der Waals surface area (Å²) in [5.74, 6) is -0.246. The molecule has 0 heterocycles. The van der Waals surface area contributed by atoms with E-state index >= 15 is 0 Å². The van der Waals surface area contributed by atoms with Gasteiger partial charge in [0, 0.05) is 0 Å². The summed E-state index contributed by atoms with van der Waals surface area (Å²) in [6, 6.07) is 3.97. The first-order chi connectivity index (χ1) is 6.60. The van der Waals surface area contributed by atoms with Gasteiger partial charge in [0.25, 0.3) is 0 Å². The summed E-state index contributed by atoms with van der Waals surface area (Å²) in [6.45, 7) is 3.96. The zero-order chi connectivity index (χ0) is 10.7. The van der Waals surface area contributed by atoms with Crippen LogP contribution in [0.1, 0.15) is 28.4 Å². The molecule has 0 saturated heterocycles. The van der Waals surface area contributed by atoms with Gasteiger partial charge in [-0.3, -0.25) is 0 Å². The molecule has 0 N–H and O–H groups in total. The maximum atomic E-state index is 11.5. The average molecular weight is 210 g/mol. The Bertz CT molecular complexity index is 359. The van der Waals surface area contributed by atoms with E-state index in [1.807, 2.05) is 26.0 Å². The third-order valence-corrected chi connectivity index (χ3v) is 2.54. The first-order valence-corrected chi connectivity index (χ1v) is 5.15. The summed E-state index contributed by atoms with van der Waals surface area (Å²) in [5, 5.41) is 1.10. The van der Waals surface area contributed by atoms with Gasteiger partial charge in [0.1, 0.15) is 0 Å². The Kier molecular flexibility index (Phi) is 3.65. The fourth-order valence-corrected chi connectivity index (χ4v) is 2.01. The molecule has 0 aromatic heterocycles. The highest BCUT2D eigenvalue weighted by Crippen LogP contribution is 2.16. The van der Waals surface area contributed by atoms with Crippen LogP contribution in [0, 0.1) is 6.92 Å². The number of aryl methyl sites for hydroxylation is 2. The van der Waals surface area contributed by atoms with Crippen LogP contribution in [0.5, 0.6) is 0 Å². The van der Waals surface area contributed by atoms with Crippen LogP contribution in [0.4, 0.5) is 0 Å². The van der Waals surface area contributed by atoms with Crippen LogP contribution >= 0.6 is 9.24 Å². The number of carbonyl (C=O) groups is 1. The van der Waals surface area contributed by atoms with Crippen molar-refractivity contribution in [2.45, 2.75) is 20.3 Å². The van der Waals surface area contributed by atoms with Crippen molar-refractivity contribution in [1.82, 2.24) is 0 Å². The van der Waals surface area contributed by atoms with E-state index in [1.165, 1.54) is 7.11 Å². The summed E-state index contributed by atoms with van der Waals surface area (Å²) in [5.41, 5.74) is 2.73. The second kappa shape index (κ2) is 4.56. The second-order valence-electron chi connectivity index (χ2n) is 3.22. The smallest absolute Gasteiger partial charge is 0.338 e. The zero-order valence-corrected chi connectivity index (χ0v) is 9.91. The standard InChI is InChI=1S/C11H15O2P/c1-4-8-6-9(14)5-7(2)10(8)11(12)13-3/h5-6H,4,14H2,1-3H3. The lowest BCUT2D eigenvalue weighted by atomic mass is 10.0. The lowest BCUT2D eigenvalue weighted by Crippen LogP contribution is -2.10. The van der Waals surface area contributed by atoms with Gasteiger partial charge in [0.2, 0.25) is 0 Å². The number of hydrogen-bond donors (Lipinski definition) is 0. The van der Waals surface area contributed by atoms with Crippen molar-refractivity contribution in [2.75, 3.05) is 7.11 Å². The average Bonchev–Trinajstić information content (AvgIpc) is 2.15. The van der Waals surface area contributed by atoms with Crippen LogP contribution in [-0.2, 0) is 11.2 Å². The highest BCUT2D eigenvalue weighted by molar-refractivity contribution is 7.27. The Morgan fingerprint density at radius 3 is 2.64 bits per heavy atom. The predicted octanol–water partition coefficient (Wildman–Crippen LogP) is 1.84. The fraction of sp³-hybridized carbons (Fsp3) is 0.364. The third-order valence-electron chi connectivity index (χ3n) is 2.21. The van der Waals surface area contributed by atoms with Crippen molar-refractivity contribution < 1.29 is 9.53 Å². The summed E-state index contributed by atoms with van der Waals surface area (Å²) in [4.78, 5) is 11.5. The summed E-state index contributed by atoms with van der Waals surface area (Å²) in [7, 11) is 4.06. The number of methoxy groups -OCH3 is 1. The molecule has 0 saturated carbocycles. The maximum absolute atomic E-state index is 11.5. The molecule has 1 aromatic rings. The molecule has 1 atom stereocenters. The van der Waals surface area contributed by atoms with Crippen molar-refractivity contribution in [3.8, 4) is 0 Å². The first-order valence-electron chi connectivity index (χ1n) is 4.57. The molecule has 0 spiro atoms. The van der Waals surface area contributed by atoms with E-state index in [0.29, 0.717) is 5.56 Å². The van der Waals surface area contributed by atoms with E-state index in [4.69, 9.17) is 4.74 Å². The lowest BCUT2D eigenvalue weighted by molar-refractivity contribution is 0.0599. The van der Waals surface area contributed by atoms with E-state index < -0.39 is 0 Å². The molecular formula is C11H15O2P. The van der Waals surface area contributed by atoms with Crippen LogP contribution in [0.3, 0.4) is 0 Å². The molecule has 0 fully saturated rings. The Balaban J connectivity index is 3.32. The third kappa shape index (κ3) is 2.13. The lowest BCUT2D eigenvalue weighted by Gasteiger charge is -2.10. The molecular weight excluding hydrogens is 195 g/mol. The van der Waals surface area contributed by atoms with Gasteiger partial charge in [-0.25, -0.2) is 4.79 Å². The Hall–Kier alpha value is -0.880. The summed E-state index contributed by atoms with van der Waals surface area (Å²) in [6.07, 6.45) is 0.841. The van der Waals surface area contributed by atoms with Crippen LogP contribution < -0.4 is 5.30 Å². The van der Waals surface area contributed by atoms with Crippen molar-refractivity contribution in [1.29, 1.82) is 0 Å². The quantitative estimate of drug-likeness (QED) is 0.550. The highest BCUT2D eigenvalue weighted by Gasteiger charge is 2.13. The molecule has 1 aromatic carbocycles. The van der Waals surface area contributed by atoms with Crippen LogP contribution in [0.15, 0.2) is 12.1 Å². The summed E-state index contributed by atoms with van der Waals surface area (Å²) < 4.78 is 4.75. The number of carbonyl (C=O) groups excluding carboxylic acids is 1. The number of esters is 1. The van der Waals surface area contributed by atoms with Gasteiger partial charge in [0.05, 0.1) is 12.7 Å². The number of hydrogen-bond acceptors (Lipinski definition) is 2. The Labute approximate surface area is 86.9 Å². The van der Waals surface area contributed by atoms with Crippen LogP contribution in [-0.4, -0.2) is 13.1 Å². The molecule has 3 heteroatoms. The molecule has 1 rings (SSSR count). The van der Waals surface area contributed by atoms with E-state index in [-0.39, 0.29) is 5.97 Å². The van der Waals surface area contributed by atoms with Gasteiger partial charge in [-0.05, 0) is 29.8 Å². The van der Waals surface area contributed by atoms with Gasteiger partial charge in [-0.15, -0.1) is 9.24 Å². The number of benzene rings is 1. The van der Waals surface area contributed by atoms with Crippen molar-refractivity contribution >= 4 is 20.5 Å². The van der Waals surface area contributed by atoms with Gasteiger partial charge < -0.3 is 4.74 Å². The van der Waals surface area contributed by atoms with Crippen molar-refractivity contribution in [3.05, 3.63) is 28.8 Å². The predicted molar refractivity (Wildman–Crippen MR) is 61.2 cm³/mol. The van der Waals surface area contributed by atoms with E-state index in [2.05, 4.69) is 9.24 Å². The molecule has 0 aliphatic heterocycles. The van der Waals surface area contributed by atoms with Gasteiger partial charge >= 0.3 is 5.97 Å². The largest absolute Gasteiger partial charge is 0.465 e. The SMILES string of the molecule is CCc1cc(P)cc(C)c1C(=O)OC. The minimum atomic E-state index is -0.246. The van der Waals surface area contributed by atoms with Gasteiger partial charge in [-0.1, -0.05) is 19.1 Å². The highest BCUT2D eigenvalue weighted by atomic mass is 31.0. The van der Waals surface area contributed by atoms with E-state index in [9.17, 15) is 4.79 Å². The van der Waals surface area contributed by atoms with Crippen molar-refractivity contribution in [3.63, 3.8) is 0 Å². The molecule has 0 radical (unpaired) electrons. The topological polar surface area (TPSA) is 26.3 Å². The molecule has 0 aliphatic rings. The molecule has 1 unspecified atom stereocenters. The number of rotatable bonds is 2. The molecule has 0 amide bonds. The monoisotopic (exact) mass is 210 g/mol. The van der Waals surface area contributed by atoms with Crippen LogP contribution in [0.25, 0.3) is 0 Å². The molecule has 0 aliphatic carbocycles. The maximum Gasteiger partial charge on any atom is 0.338 e. The molecule has 0 bridgehead atoms. The Morgan fingerprint density at radius 2 is 2.14 bits per heavy atom. The van der Waals surface area contributed by atoms with Crippen LogP contribution in [0.2, 0.25) is 0 Å². The van der Waals surface area contributed by atoms with Crippen molar-refractivity contribution in [2.24, 2.45) is 0 Å². The van der Waals surface area contributed by atoms with E-state index in [0.717, 1.165) is 22.9 Å². The molecule has 14 heavy (non-hydrogen) atoms. The van der Waals surface area contributed by atoms with Gasteiger partial charge in [-0.2, -0.15) is 0 Å². The van der Waals surface area contributed by atoms with E-state index in [1.54, 1.807) is 0 Å². The molecule has 76 valence electrons. The van der Waals surface area contributed by atoms with Gasteiger partial charge in [0.15, 0.2) is 0 Å². The minimum absolute atomic E-state index is 0.246. The number of ether oxygens (including phenoxy) is 1. The molecule has 2 nitrogen and oxygen atoms in total. The minimum Gasteiger partial charge on any atom is -0.465 e. The second-order valence-corrected chi connectivity index (χ2v) is 3.88. The first kappa shape index (κ1) is 11.2. The summed E-state index contributed by atoms with van der Waals surface area (Å²) >= 11 is 0. The fourth-order valence-electron chi connectivity index (χ4n) is 1.56. The normalized spacial score (nSPS) is 10.0. The zero-order valence-electron chi connectivity index (χ0n) is 8.76.